The molecule has 0 radical (unpaired) electrons. The van der Waals surface area contributed by atoms with Crippen molar-refractivity contribution < 1.29 is 42.7 Å². The van der Waals surface area contributed by atoms with Gasteiger partial charge in [-0.1, -0.05) is 56.4 Å². The molecule has 6 rings (SSSR count). The summed E-state index contributed by atoms with van der Waals surface area (Å²) in [6.07, 6.45) is 3.16. The number of halogens is 1. The van der Waals surface area contributed by atoms with Crippen molar-refractivity contribution in [2.75, 3.05) is 6.54 Å². The number of hydrogen-bond acceptors (Lipinski definition) is 8. The summed E-state index contributed by atoms with van der Waals surface area (Å²) in [7, 11) is 0. The van der Waals surface area contributed by atoms with Crippen LogP contribution in [0.15, 0.2) is 36.4 Å². The fraction of sp³-hybridized carbons (Fsp3) is 0.575. The van der Waals surface area contributed by atoms with E-state index in [2.05, 4.69) is 16.1 Å². The Morgan fingerprint density at radius 1 is 0.981 bits per heavy atom. The molecule has 2 aromatic rings. The average molecular weight is 750 g/mol. The van der Waals surface area contributed by atoms with Crippen LogP contribution in [-0.2, 0) is 36.9 Å². The number of nitrogens with one attached hydrogen (secondary N) is 3. The first-order valence-corrected chi connectivity index (χ1v) is 19.0. The summed E-state index contributed by atoms with van der Waals surface area (Å²) in [6, 6.07) is 8.20. The number of fused-ring (bicyclic) bond motifs is 3. The molecular weight excluding hydrogens is 697 g/mol. The van der Waals surface area contributed by atoms with Crippen molar-refractivity contribution in [3.8, 4) is 5.75 Å². The third-order valence-electron chi connectivity index (χ3n) is 10.8. The van der Waals surface area contributed by atoms with Gasteiger partial charge < -0.3 is 29.8 Å². The van der Waals surface area contributed by atoms with Gasteiger partial charge in [0.25, 0.3) is 5.91 Å². The number of rotatable bonds is 5. The highest BCUT2D eigenvalue weighted by molar-refractivity contribution is 5.98. The zero-order valence-electron chi connectivity index (χ0n) is 31.8. The van der Waals surface area contributed by atoms with Crippen molar-refractivity contribution in [2.24, 2.45) is 5.92 Å². The minimum Gasteiger partial charge on any atom is -0.444 e. The fourth-order valence-electron chi connectivity index (χ4n) is 7.76. The minimum atomic E-state index is -1.27. The van der Waals surface area contributed by atoms with Gasteiger partial charge >= 0.3 is 12.2 Å². The monoisotopic (exact) mass is 749 g/mol. The second-order valence-electron chi connectivity index (χ2n) is 16.2. The molecule has 3 heterocycles. The van der Waals surface area contributed by atoms with Gasteiger partial charge in [-0.15, -0.1) is 0 Å². The molecule has 5 atom stereocenters. The van der Waals surface area contributed by atoms with Crippen molar-refractivity contribution >= 4 is 29.9 Å². The maximum Gasteiger partial charge on any atom is 0.410 e. The molecule has 292 valence electrons. The first-order valence-electron chi connectivity index (χ1n) is 19.0. The van der Waals surface area contributed by atoms with Gasteiger partial charge in [-0.3, -0.25) is 19.3 Å². The second-order valence-corrected chi connectivity index (χ2v) is 16.2. The van der Waals surface area contributed by atoms with Crippen LogP contribution >= 0.6 is 0 Å². The summed E-state index contributed by atoms with van der Waals surface area (Å²) >= 11 is 0. The van der Waals surface area contributed by atoms with E-state index in [0.29, 0.717) is 42.6 Å². The van der Waals surface area contributed by atoms with E-state index >= 15 is 0 Å². The van der Waals surface area contributed by atoms with E-state index in [1.807, 2.05) is 32.0 Å². The molecule has 3 fully saturated rings. The van der Waals surface area contributed by atoms with Crippen LogP contribution in [-0.4, -0.2) is 75.6 Å². The summed E-state index contributed by atoms with van der Waals surface area (Å²) < 4.78 is 25.8. The summed E-state index contributed by atoms with van der Waals surface area (Å²) in [6.45, 7) is 9.03. The lowest BCUT2D eigenvalue weighted by Gasteiger charge is -2.30. The number of carbonyl (C=O) groups excluding carboxylic acids is 5. The van der Waals surface area contributed by atoms with Crippen LogP contribution in [0.25, 0.3) is 0 Å². The van der Waals surface area contributed by atoms with Gasteiger partial charge in [-0.05, 0) is 88.6 Å². The van der Waals surface area contributed by atoms with E-state index < -0.39 is 65.1 Å². The first kappa shape index (κ1) is 38.8. The summed E-state index contributed by atoms with van der Waals surface area (Å²) in [5, 5.41) is 5.72. The third kappa shape index (κ3) is 8.90. The Hall–Kier alpha value is -4.88. The SMILES string of the molecule is Cc1ccc(C)c(ONC(=O)[C@@]23C[C@@H]2CCCCCCC[C@H](NC(=O)OC(C)(C)C)C(=O)N2C[C@H](OC(=O)N4Cc5cccc(F)c5C4)C[C@H]2C(=O)N3)c1. The number of ether oxygens (including phenoxy) is 2. The number of amides is 5. The van der Waals surface area contributed by atoms with E-state index in [4.69, 9.17) is 14.3 Å². The van der Waals surface area contributed by atoms with Crippen molar-refractivity contribution in [3.63, 3.8) is 0 Å². The number of hydrogen-bond donors (Lipinski definition) is 3. The highest BCUT2D eigenvalue weighted by Crippen LogP contribution is 2.48. The normalized spacial score (nSPS) is 25.9. The molecule has 1 aliphatic carbocycles. The van der Waals surface area contributed by atoms with Gasteiger partial charge in [0.1, 0.15) is 35.1 Å². The Morgan fingerprint density at radius 3 is 2.46 bits per heavy atom. The molecule has 0 spiro atoms. The fourth-order valence-corrected chi connectivity index (χ4v) is 7.76. The van der Waals surface area contributed by atoms with E-state index in [1.165, 1.54) is 15.9 Å². The molecule has 2 aromatic carbocycles. The van der Waals surface area contributed by atoms with E-state index in [0.717, 1.165) is 36.8 Å². The largest absolute Gasteiger partial charge is 0.444 e. The number of carbonyl (C=O) groups is 5. The van der Waals surface area contributed by atoms with Gasteiger partial charge in [0.15, 0.2) is 5.75 Å². The zero-order chi connectivity index (χ0) is 38.8. The predicted octanol–water partition coefficient (Wildman–Crippen LogP) is 5.49. The van der Waals surface area contributed by atoms with E-state index in [1.54, 1.807) is 32.9 Å². The average Bonchev–Trinajstić information content (AvgIpc) is 3.40. The maximum atomic E-state index is 14.5. The molecule has 4 aliphatic rings. The molecule has 3 N–H and O–H groups in total. The molecule has 13 nitrogen and oxygen atoms in total. The van der Waals surface area contributed by atoms with Crippen LogP contribution in [0, 0.1) is 25.6 Å². The van der Waals surface area contributed by atoms with E-state index in [9.17, 15) is 28.4 Å². The molecule has 2 saturated heterocycles. The topological polar surface area (TPSA) is 156 Å². The van der Waals surface area contributed by atoms with Gasteiger partial charge in [-0.25, -0.2) is 14.0 Å². The molecule has 0 unspecified atom stereocenters. The van der Waals surface area contributed by atoms with Crippen LogP contribution in [0.5, 0.6) is 5.75 Å². The number of nitrogens with zero attached hydrogens (tertiary/aromatic N) is 2. The molecule has 3 aliphatic heterocycles. The summed E-state index contributed by atoms with van der Waals surface area (Å²) in [5.74, 6) is -1.65. The number of aryl methyl sites for hydroxylation is 2. The Kier molecular flexibility index (Phi) is 11.4. The van der Waals surface area contributed by atoms with Crippen molar-refractivity contribution in [2.45, 2.75) is 135 Å². The molecule has 14 heteroatoms. The maximum absolute atomic E-state index is 14.5. The van der Waals surface area contributed by atoms with Crippen LogP contribution in [0.4, 0.5) is 14.0 Å². The van der Waals surface area contributed by atoms with Crippen LogP contribution in [0.3, 0.4) is 0 Å². The van der Waals surface area contributed by atoms with Gasteiger partial charge in [-0.2, -0.15) is 5.48 Å². The van der Waals surface area contributed by atoms with Crippen LogP contribution in [0.2, 0.25) is 0 Å². The molecule has 54 heavy (non-hydrogen) atoms. The summed E-state index contributed by atoms with van der Waals surface area (Å²) in [4.78, 5) is 77.5. The minimum absolute atomic E-state index is 0.0329. The van der Waals surface area contributed by atoms with Crippen molar-refractivity contribution in [1.29, 1.82) is 0 Å². The van der Waals surface area contributed by atoms with Crippen LogP contribution in [0.1, 0.15) is 101 Å². The quantitative estimate of drug-likeness (QED) is 0.340. The molecule has 1 saturated carbocycles. The number of alkyl carbamates (subject to hydrolysis) is 1. The van der Waals surface area contributed by atoms with Crippen molar-refractivity contribution in [3.05, 3.63) is 64.5 Å². The Balaban J connectivity index is 1.23. The molecular formula is C40H52FN5O8. The first-order chi connectivity index (χ1) is 25.6. The van der Waals surface area contributed by atoms with Gasteiger partial charge in [0.2, 0.25) is 11.8 Å². The lowest BCUT2D eigenvalue weighted by atomic mass is 10.0. The lowest BCUT2D eigenvalue weighted by Crippen LogP contribution is -2.58. The highest BCUT2D eigenvalue weighted by Gasteiger charge is 2.62. The summed E-state index contributed by atoms with van der Waals surface area (Å²) in [5.41, 5.74) is 3.39. The molecule has 0 aromatic heterocycles. The Morgan fingerprint density at radius 2 is 1.72 bits per heavy atom. The smallest absolute Gasteiger partial charge is 0.410 e. The molecule has 0 bridgehead atoms. The number of benzene rings is 2. The van der Waals surface area contributed by atoms with Gasteiger partial charge in [0, 0.05) is 18.5 Å². The van der Waals surface area contributed by atoms with Crippen molar-refractivity contribution in [1.82, 2.24) is 25.9 Å². The predicted molar refractivity (Wildman–Crippen MR) is 195 cm³/mol. The number of hydroxylamine groups is 1. The highest BCUT2D eigenvalue weighted by atomic mass is 19.1. The van der Waals surface area contributed by atoms with Gasteiger partial charge in [0.05, 0.1) is 13.1 Å². The second kappa shape index (κ2) is 15.8. The Labute approximate surface area is 315 Å². The molecule has 5 amide bonds. The Bertz CT molecular complexity index is 1780. The lowest BCUT2D eigenvalue weighted by molar-refractivity contribution is -0.142. The van der Waals surface area contributed by atoms with Crippen LogP contribution < -0.4 is 21.0 Å². The standard InChI is InChI=1S/C40H52FN5O8/c1-24-16-17-25(2)33(18-24)54-44-36(49)40-20-27(40)13-9-7-6-8-10-15-31(42-37(50)53-39(3,4)5)35(48)46-22-28(19-32(46)34(47)43-40)52-38(51)45-21-26-12-11-14-30(41)29(26)23-45/h11-12,14,16-18,27-28,31-32H,6-10,13,15,19-23H2,1-5H3,(H,42,50)(H,43,47)(H,44,49)/t27-,28+,31-,32-,40+/m0/s1. The third-order valence-corrected chi connectivity index (χ3v) is 10.8. The van der Waals surface area contributed by atoms with E-state index in [-0.39, 0.29) is 32.0 Å². The zero-order valence-corrected chi connectivity index (χ0v) is 31.8.